The van der Waals surface area contributed by atoms with E-state index in [0.29, 0.717) is 16.2 Å². The Hall–Kier alpha value is -1.96. The highest BCUT2D eigenvalue weighted by Gasteiger charge is 2.18. The lowest BCUT2D eigenvalue weighted by Crippen LogP contribution is -2.39. The first-order valence-corrected chi connectivity index (χ1v) is 8.80. The van der Waals surface area contributed by atoms with Gasteiger partial charge in [0, 0.05) is 19.3 Å². The van der Waals surface area contributed by atoms with Crippen LogP contribution in [0.25, 0.3) is 11.0 Å². The van der Waals surface area contributed by atoms with Crippen molar-refractivity contribution in [1.82, 2.24) is 24.4 Å². The Balaban J connectivity index is 1.84. The fourth-order valence-electron chi connectivity index (χ4n) is 2.64. The molecule has 2 aromatic rings. The SMILES string of the molecule is CCSc1ncc2c(=O)n(CC(=O)N3CCCCC3)cnc2n1. The van der Waals surface area contributed by atoms with E-state index in [0.717, 1.165) is 38.1 Å². The van der Waals surface area contributed by atoms with Gasteiger partial charge < -0.3 is 4.90 Å². The Bertz CT molecular complexity index is 770. The third kappa shape index (κ3) is 3.52. The van der Waals surface area contributed by atoms with Crippen LogP contribution in [0, 0.1) is 0 Å². The highest BCUT2D eigenvalue weighted by Crippen LogP contribution is 2.13. The Kier molecular flexibility index (Phi) is 4.90. The van der Waals surface area contributed by atoms with Gasteiger partial charge in [-0.25, -0.2) is 15.0 Å². The monoisotopic (exact) mass is 333 g/mol. The van der Waals surface area contributed by atoms with E-state index in [1.54, 1.807) is 0 Å². The first kappa shape index (κ1) is 15.9. The lowest BCUT2D eigenvalue weighted by atomic mass is 10.1. The summed E-state index contributed by atoms with van der Waals surface area (Å²) in [6.45, 7) is 3.58. The van der Waals surface area contributed by atoms with Crippen molar-refractivity contribution in [3.8, 4) is 0 Å². The lowest BCUT2D eigenvalue weighted by Gasteiger charge is -2.26. The molecule has 0 aromatic carbocycles. The summed E-state index contributed by atoms with van der Waals surface area (Å²) in [6.07, 6.45) is 6.12. The minimum atomic E-state index is -0.270. The van der Waals surface area contributed by atoms with E-state index in [9.17, 15) is 9.59 Å². The predicted octanol–water partition coefficient (Wildman–Crippen LogP) is 1.31. The van der Waals surface area contributed by atoms with E-state index < -0.39 is 0 Å². The third-order valence-electron chi connectivity index (χ3n) is 3.85. The van der Waals surface area contributed by atoms with E-state index in [-0.39, 0.29) is 18.0 Å². The number of rotatable bonds is 4. The molecule has 0 aliphatic carbocycles. The maximum Gasteiger partial charge on any atom is 0.264 e. The first-order valence-electron chi connectivity index (χ1n) is 7.82. The second-order valence-electron chi connectivity index (χ2n) is 5.44. The van der Waals surface area contributed by atoms with Crippen molar-refractivity contribution < 1.29 is 4.79 Å². The Morgan fingerprint density at radius 3 is 2.78 bits per heavy atom. The van der Waals surface area contributed by atoms with Gasteiger partial charge in [-0.1, -0.05) is 18.7 Å². The van der Waals surface area contributed by atoms with Gasteiger partial charge in [-0.15, -0.1) is 0 Å². The Morgan fingerprint density at radius 1 is 1.26 bits per heavy atom. The molecule has 1 fully saturated rings. The van der Waals surface area contributed by atoms with Gasteiger partial charge in [-0.2, -0.15) is 0 Å². The predicted molar refractivity (Wildman–Crippen MR) is 88.4 cm³/mol. The fourth-order valence-corrected chi connectivity index (χ4v) is 3.17. The fraction of sp³-hybridized carbons (Fsp3) is 0.533. The summed E-state index contributed by atoms with van der Waals surface area (Å²) >= 11 is 1.50. The molecule has 8 heteroatoms. The maximum atomic E-state index is 12.5. The van der Waals surface area contributed by atoms with Gasteiger partial charge in [-0.3, -0.25) is 14.2 Å². The van der Waals surface area contributed by atoms with Crippen LogP contribution in [0.1, 0.15) is 26.2 Å². The number of hydrogen-bond acceptors (Lipinski definition) is 6. The number of carbonyl (C=O) groups excluding carboxylic acids is 1. The normalized spacial score (nSPS) is 15.1. The molecule has 0 saturated carbocycles. The molecular weight excluding hydrogens is 314 g/mol. The summed E-state index contributed by atoms with van der Waals surface area (Å²) in [6, 6.07) is 0. The van der Waals surface area contributed by atoms with Crippen LogP contribution in [-0.2, 0) is 11.3 Å². The van der Waals surface area contributed by atoms with Gasteiger partial charge in [-0.05, 0) is 25.0 Å². The van der Waals surface area contributed by atoms with Gasteiger partial charge in [0.25, 0.3) is 5.56 Å². The van der Waals surface area contributed by atoms with Crippen molar-refractivity contribution in [2.45, 2.75) is 37.9 Å². The largest absolute Gasteiger partial charge is 0.341 e. The van der Waals surface area contributed by atoms with Crippen molar-refractivity contribution in [3.05, 3.63) is 22.9 Å². The number of aromatic nitrogens is 4. The molecule has 3 heterocycles. The number of carbonyl (C=O) groups is 1. The molecule has 23 heavy (non-hydrogen) atoms. The van der Waals surface area contributed by atoms with E-state index >= 15 is 0 Å². The highest BCUT2D eigenvalue weighted by atomic mass is 32.2. The molecular formula is C15H19N5O2S. The van der Waals surface area contributed by atoms with E-state index in [1.807, 2.05) is 11.8 Å². The quantitative estimate of drug-likeness (QED) is 0.620. The molecule has 0 unspecified atom stereocenters. The number of piperidine rings is 1. The number of amides is 1. The molecule has 2 aromatic heterocycles. The summed E-state index contributed by atoms with van der Waals surface area (Å²) in [4.78, 5) is 39.2. The smallest absolute Gasteiger partial charge is 0.264 e. The van der Waals surface area contributed by atoms with Crippen LogP contribution in [-0.4, -0.2) is 49.2 Å². The van der Waals surface area contributed by atoms with Crippen LogP contribution in [0.5, 0.6) is 0 Å². The topological polar surface area (TPSA) is 81.0 Å². The number of fused-ring (bicyclic) bond motifs is 1. The van der Waals surface area contributed by atoms with Crippen LogP contribution in [0.4, 0.5) is 0 Å². The molecule has 1 aliphatic rings. The van der Waals surface area contributed by atoms with Gasteiger partial charge in [0.15, 0.2) is 10.8 Å². The van der Waals surface area contributed by atoms with Gasteiger partial charge in [0.2, 0.25) is 5.91 Å². The minimum Gasteiger partial charge on any atom is -0.341 e. The molecule has 1 amide bonds. The average Bonchev–Trinajstić information content (AvgIpc) is 2.58. The first-order chi connectivity index (χ1) is 11.2. The zero-order valence-corrected chi connectivity index (χ0v) is 13.9. The van der Waals surface area contributed by atoms with Gasteiger partial charge in [0.1, 0.15) is 18.3 Å². The molecule has 0 atom stereocenters. The van der Waals surface area contributed by atoms with Crippen molar-refractivity contribution in [3.63, 3.8) is 0 Å². The van der Waals surface area contributed by atoms with Crippen molar-refractivity contribution in [2.75, 3.05) is 18.8 Å². The van der Waals surface area contributed by atoms with Crippen LogP contribution in [0.2, 0.25) is 0 Å². The second-order valence-corrected chi connectivity index (χ2v) is 6.67. The zero-order chi connectivity index (χ0) is 16.2. The second kappa shape index (κ2) is 7.08. The van der Waals surface area contributed by atoms with Crippen molar-refractivity contribution >= 4 is 28.7 Å². The summed E-state index contributed by atoms with van der Waals surface area (Å²) in [5.41, 5.74) is 0.107. The lowest BCUT2D eigenvalue weighted by molar-refractivity contribution is -0.132. The van der Waals surface area contributed by atoms with Crippen LogP contribution >= 0.6 is 11.8 Å². The minimum absolute atomic E-state index is 0.0211. The Morgan fingerprint density at radius 2 is 2.04 bits per heavy atom. The van der Waals surface area contributed by atoms with Crippen molar-refractivity contribution in [2.24, 2.45) is 0 Å². The molecule has 1 saturated heterocycles. The van der Waals surface area contributed by atoms with E-state index in [1.165, 1.54) is 28.9 Å². The van der Waals surface area contributed by atoms with Gasteiger partial charge in [0.05, 0.1) is 0 Å². The van der Waals surface area contributed by atoms with Crippen LogP contribution in [0.3, 0.4) is 0 Å². The van der Waals surface area contributed by atoms with Crippen molar-refractivity contribution in [1.29, 1.82) is 0 Å². The van der Waals surface area contributed by atoms with Crippen LogP contribution < -0.4 is 5.56 Å². The molecule has 7 nitrogen and oxygen atoms in total. The number of hydrogen-bond donors (Lipinski definition) is 0. The zero-order valence-electron chi connectivity index (χ0n) is 13.1. The molecule has 0 N–H and O–H groups in total. The summed E-state index contributed by atoms with van der Waals surface area (Å²) in [5, 5.41) is 0.952. The average molecular weight is 333 g/mol. The third-order valence-corrected chi connectivity index (χ3v) is 4.59. The maximum absolute atomic E-state index is 12.5. The standard InChI is InChI=1S/C15H19N5O2S/c1-2-23-15-16-8-11-13(18-15)17-10-20(14(11)22)9-12(21)19-6-4-3-5-7-19/h8,10H,2-7,9H2,1H3. The summed E-state index contributed by atoms with van der Waals surface area (Å²) in [7, 11) is 0. The Labute approximate surface area is 138 Å². The summed E-state index contributed by atoms with van der Waals surface area (Å²) in [5.74, 6) is 0.819. The molecule has 1 aliphatic heterocycles. The molecule has 0 bridgehead atoms. The number of nitrogens with zero attached hydrogens (tertiary/aromatic N) is 5. The van der Waals surface area contributed by atoms with E-state index in [4.69, 9.17) is 0 Å². The molecule has 3 rings (SSSR count). The van der Waals surface area contributed by atoms with E-state index in [2.05, 4.69) is 15.0 Å². The number of likely N-dealkylation sites (tertiary alicyclic amines) is 1. The summed E-state index contributed by atoms with van der Waals surface area (Å²) < 4.78 is 1.34. The highest BCUT2D eigenvalue weighted by molar-refractivity contribution is 7.99. The molecule has 0 spiro atoms. The van der Waals surface area contributed by atoms with Gasteiger partial charge >= 0.3 is 0 Å². The van der Waals surface area contributed by atoms with Crippen LogP contribution in [0.15, 0.2) is 22.5 Å². The molecule has 0 radical (unpaired) electrons. The molecule has 122 valence electrons. The number of thioether (sulfide) groups is 1.